The molecule has 0 aliphatic heterocycles. The van der Waals surface area contributed by atoms with Crippen molar-refractivity contribution in [2.45, 2.75) is 26.9 Å². The molecule has 0 radical (unpaired) electrons. The van der Waals surface area contributed by atoms with E-state index in [1.165, 1.54) is 19.9 Å². The minimum Gasteiger partial charge on any atom is -0.316 e. The van der Waals surface area contributed by atoms with Crippen LogP contribution in [0.1, 0.15) is 21.8 Å². The van der Waals surface area contributed by atoms with Gasteiger partial charge in [-0.05, 0) is 49.0 Å². The quantitative estimate of drug-likeness (QED) is 0.940. The van der Waals surface area contributed by atoms with E-state index >= 15 is 0 Å². The SMILES string of the molecule is CNCc1c(C)nn(Cc2ccc(Br)s2)c1C. The van der Waals surface area contributed by atoms with Crippen molar-refractivity contribution in [3.8, 4) is 0 Å². The number of thiophene rings is 1. The molecule has 2 rings (SSSR count). The third-order valence-corrected chi connectivity index (χ3v) is 4.43. The fraction of sp³-hybridized carbons (Fsp3) is 0.417. The van der Waals surface area contributed by atoms with Gasteiger partial charge in [0.2, 0.25) is 0 Å². The van der Waals surface area contributed by atoms with Crippen molar-refractivity contribution < 1.29 is 0 Å². The molecule has 0 bridgehead atoms. The molecular weight excluding hydrogens is 298 g/mol. The van der Waals surface area contributed by atoms with Crippen molar-refractivity contribution >= 4 is 27.3 Å². The Morgan fingerprint density at radius 1 is 1.41 bits per heavy atom. The van der Waals surface area contributed by atoms with Crippen LogP contribution < -0.4 is 5.32 Å². The van der Waals surface area contributed by atoms with Gasteiger partial charge in [0, 0.05) is 22.7 Å². The predicted octanol–water partition coefficient (Wildman–Crippen LogP) is 3.09. The highest BCUT2D eigenvalue weighted by atomic mass is 79.9. The normalized spacial score (nSPS) is 11.1. The Kier molecular flexibility index (Phi) is 4.01. The Hall–Kier alpha value is -0.650. The van der Waals surface area contributed by atoms with Gasteiger partial charge in [-0.15, -0.1) is 11.3 Å². The van der Waals surface area contributed by atoms with E-state index in [1.807, 2.05) is 7.05 Å². The lowest BCUT2D eigenvalue weighted by Gasteiger charge is -2.03. The number of nitrogens with zero attached hydrogens (tertiary/aromatic N) is 2. The molecule has 0 aliphatic carbocycles. The first-order chi connectivity index (χ1) is 8.11. The maximum atomic E-state index is 4.60. The smallest absolute Gasteiger partial charge is 0.0755 e. The highest BCUT2D eigenvalue weighted by molar-refractivity contribution is 9.11. The number of aromatic nitrogens is 2. The van der Waals surface area contributed by atoms with E-state index < -0.39 is 0 Å². The van der Waals surface area contributed by atoms with Gasteiger partial charge < -0.3 is 5.32 Å². The maximum absolute atomic E-state index is 4.60. The molecule has 0 spiro atoms. The van der Waals surface area contributed by atoms with Crippen LogP contribution in [0.15, 0.2) is 15.9 Å². The number of hydrogen-bond donors (Lipinski definition) is 1. The molecule has 2 aromatic rings. The van der Waals surface area contributed by atoms with E-state index in [4.69, 9.17) is 0 Å². The Morgan fingerprint density at radius 3 is 2.76 bits per heavy atom. The van der Waals surface area contributed by atoms with E-state index in [-0.39, 0.29) is 0 Å². The van der Waals surface area contributed by atoms with Crippen LogP contribution in [0.3, 0.4) is 0 Å². The molecule has 92 valence electrons. The van der Waals surface area contributed by atoms with Gasteiger partial charge in [-0.1, -0.05) is 0 Å². The van der Waals surface area contributed by atoms with Crippen LogP contribution in [0.25, 0.3) is 0 Å². The molecule has 0 saturated carbocycles. The van der Waals surface area contributed by atoms with Gasteiger partial charge in [0.25, 0.3) is 0 Å². The van der Waals surface area contributed by atoms with E-state index in [2.05, 4.69) is 57.0 Å². The molecule has 0 fully saturated rings. The Labute approximate surface area is 114 Å². The summed E-state index contributed by atoms with van der Waals surface area (Å²) < 4.78 is 3.25. The van der Waals surface area contributed by atoms with Crippen LogP contribution in [0.5, 0.6) is 0 Å². The van der Waals surface area contributed by atoms with Gasteiger partial charge in [0.1, 0.15) is 0 Å². The summed E-state index contributed by atoms with van der Waals surface area (Å²) >= 11 is 5.25. The van der Waals surface area contributed by atoms with Gasteiger partial charge >= 0.3 is 0 Å². The largest absolute Gasteiger partial charge is 0.316 e. The first kappa shape index (κ1) is 12.8. The lowest BCUT2D eigenvalue weighted by Crippen LogP contribution is -2.08. The van der Waals surface area contributed by atoms with Crippen molar-refractivity contribution in [1.82, 2.24) is 15.1 Å². The number of nitrogens with one attached hydrogen (secondary N) is 1. The molecule has 5 heteroatoms. The molecule has 0 aromatic carbocycles. The van der Waals surface area contributed by atoms with E-state index in [0.29, 0.717) is 0 Å². The lowest BCUT2D eigenvalue weighted by molar-refractivity contribution is 0.664. The minimum absolute atomic E-state index is 0.854. The molecular formula is C12H16BrN3S. The molecule has 0 saturated heterocycles. The van der Waals surface area contributed by atoms with E-state index in [1.54, 1.807) is 11.3 Å². The summed E-state index contributed by atoms with van der Waals surface area (Å²) in [5.74, 6) is 0. The average molecular weight is 314 g/mol. The van der Waals surface area contributed by atoms with Gasteiger partial charge in [0.15, 0.2) is 0 Å². The highest BCUT2D eigenvalue weighted by Crippen LogP contribution is 2.23. The summed E-state index contributed by atoms with van der Waals surface area (Å²) in [6.07, 6.45) is 0. The van der Waals surface area contributed by atoms with Crippen LogP contribution >= 0.6 is 27.3 Å². The predicted molar refractivity (Wildman–Crippen MR) is 75.6 cm³/mol. The summed E-state index contributed by atoms with van der Waals surface area (Å²) in [5.41, 5.74) is 3.68. The molecule has 0 atom stereocenters. The zero-order chi connectivity index (χ0) is 12.4. The second-order valence-corrected chi connectivity index (χ2v) is 6.59. The number of aryl methyl sites for hydroxylation is 1. The molecule has 2 heterocycles. The number of rotatable bonds is 4. The van der Waals surface area contributed by atoms with Crippen LogP contribution in [-0.2, 0) is 13.1 Å². The molecule has 0 aliphatic rings. The molecule has 0 unspecified atom stereocenters. The third kappa shape index (κ3) is 2.78. The Balaban J connectivity index is 2.24. The average Bonchev–Trinajstić information content (AvgIpc) is 2.79. The summed E-state index contributed by atoms with van der Waals surface area (Å²) in [4.78, 5) is 1.32. The van der Waals surface area contributed by atoms with Crippen LogP contribution in [0.2, 0.25) is 0 Å². The van der Waals surface area contributed by atoms with Crippen molar-refractivity contribution in [3.63, 3.8) is 0 Å². The molecule has 2 aromatic heterocycles. The van der Waals surface area contributed by atoms with Gasteiger partial charge in [-0.2, -0.15) is 5.10 Å². The monoisotopic (exact) mass is 313 g/mol. The Bertz CT molecular complexity index is 516. The van der Waals surface area contributed by atoms with E-state index in [9.17, 15) is 0 Å². The number of halogens is 1. The van der Waals surface area contributed by atoms with Crippen LogP contribution in [0.4, 0.5) is 0 Å². The molecule has 17 heavy (non-hydrogen) atoms. The Morgan fingerprint density at radius 2 is 2.18 bits per heavy atom. The first-order valence-corrected chi connectivity index (χ1v) is 7.14. The third-order valence-electron chi connectivity index (χ3n) is 2.82. The number of hydrogen-bond acceptors (Lipinski definition) is 3. The summed E-state index contributed by atoms with van der Waals surface area (Å²) in [7, 11) is 1.96. The zero-order valence-electron chi connectivity index (χ0n) is 10.2. The summed E-state index contributed by atoms with van der Waals surface area (Å²) in [6.45, 7) is 5.94. The van der Waals surface area contributed by atoms with Crippen LogP contribution in [-0.4, -0.2) is 16.8 Å². The maximum Gasteiger partial charge on any atom is 0.0755 e. The van der Waals surface area contributed by atoms with Gasteiger partial charge in [-0.25, -0.2) is 0 Å². The minimum atomic E-state index is 0.854. The fourth-order valence-electron chi connectivity index (χ4n) is 1.90. The molecule has 1 N–H and O–H groups in total. The zero-order valence-corrected chi connectivity index (χ0v) is 12.7. The summed E-state index contributed by atoms with van der Waals surface area (Å²) in [5, 5.41) is 7.79. The second kappa shape index (κ2) is 5.33. The lowest BCUT2D eigenvalue weighted by atomic mass is 10.2. The van der Waals surface area contributed by atoms with Crippen LogP contribution in [0, 0.1) is 13.8 Å². The van der Waals surface area contributed by atoms with E-state index in [0.717, 1.165) is 18.8 Å². The van der Waals surface area contributed by atoms with Crippen molar-refractivity contribution in [3.05, 3.63) is 37.7 Å². The van der Waals surface area contributed by atoms with Gasteiger partial charge in [-0.3, -0.25) is 4.68 Å². The second-order valence-electron chi connectivity index (χ2n) is 4.04. The summed E-state index contributed by atoms with van der Waals surface area (Å²) in [6, 6.07) is 4.23. The topological polar surface area (TPSA) is 29.9 Å². The molecule has 3 nitrogen and oxygen atoms in total. The first-order valence-electron chi connectivity index (χ1n) is 5.53. The molecule has 0 amide bonds. The standard InChI is InChI=1S/C12H16BrN3S/c1-8-11(6-14-3)9(2)16(15-8)7-10-4-5-12(13)17-10/h4-5,14H,6-7H2,1-3H3. The van der Waals surface area contributed by atoms with Crippen molar-refractivity contribution in [2.24, 2.45) is 0 Å². The van der Waals surface area contributed by atoms with Crippen molar-refractivity contribution in [1.29, 1.82) is 0 Å². The van der Waals surface area contributed by atoms with Crippen molar-refractivity contribution in [2.75, 3.05) is 7.05 Å². The van der Waals surface area contributed by atoms with Gasteiger partial charge in [0.05, 0.1) is 16.0 Å². The fourth-order valence-corrected chi connectivity index (χ4v) is 3.37. The highest BCUT2D eigenvalue weighted by Gasteiger charge is 2.11.